The maximum atomic E-state index is 11.7. The van der Waals surface area contributed by atoms with Crippen molar-refractivity contribution in [3.63, 3.8) is 0 Å². The van der Waals surface area contributed by atoms with Crippen molar-refractivity contribution in [3.05, 3.63) is 23.8 Å². The van der Waals surface area contributed by atoms with Gasteiger partial charge in [0.05, 0.1) is 12.7 Å². The maximum absolute atomic E-state index is 11.7. The van der Waals surface area contributed by atoms with Gasteiger partial charge in [-0.2, -0.15) is 5.26 Å². The molecular formula is C13H15N3O4. The van der Waals surface area contributed by atoms with E-state index in [9.17, 15) is 9.59 Å². The fourth-order valence-electron chi connectivity index (χ4n) is 1.37. The smallest absolute Gasteiger partial charge is 0.341 e. The van der Waals surface area contributed by atoms with Crippen LogP contribution in [0.25, 0.3) is 0 Å². The van der Waals surface area contributed by atoms with Gasteiger partial charge < -0.3 is 20.5 Å². The van der Waals surface area contributed by atoms with E-state index in [4.69, 9.17) is 20.5 Å². The number of esters is 1. The molecule has 0 heterocycles. The van der Waals surface area contributed by atoms with E-state index in [1.165, 1.54) is 18.2 Å². The number of nitrogens with zero attached hydrogens (tertiary/aromatic N) is 1. The summed E-state index contributed by atoms with van der Waals surface area (Å²) in [5, 5.41) is 10.6. The summed E-state index contributed by atoms with van der Waals surface area (Å²) in [6.45, 7) is 1.48. The largest absolute Gasteiger partial charge is 0.483 e. The van der Waals surface area contributed by atoms with E-state index in [-0.39, 0.29) is 31.1 Å². The van der Waals surface area contributed by atoms with Crippen molar-refractivity contribution in [2.45, 2.75) is 6.92 Å². The number of nitriles is 1. The molecule has 0 aliphatic carbocycles. The molecule has 0 bridgehead atoms. The molecule has 1 amide bonds. The minimum atomic E-state index is -0.556. The Morgan fingerprint density at radius 3 is 2.85 bits per heavy atom. The highest BCUT2D eigenvalue weighted by Gasteiger charge is 2.15. The fourth-order valence-corrected chi connectivity index (χ4v) is 1.37. The highest BCUT2D eigenvalue weighted by atomic mass is 16.5. The van der Waals surface area contributed by atoms with Crippen LogP contribution in [0.1, 0.15) is 17.3 Å². The van der Waals surface area contributed by atoms with Crippen LogP contribution in [0.4, 0.5) is 5.69 Å². The lowest BCUT2D eigenvalue weighted by molar-refractivity contribution is -0.122. The summed E-state index contributed by atoms with van der Waals surface area (Å²) < 4.78 is 10.1. The normalized spacial score (nSPS) is 9.40. The van der Waals surface area contributed by atoms with Gasteiger partial charge in [0.2, 0.25) is 0 Å². The third-order valence-corrected chi connectivity index (χ3v) is 2.22. The summed E-state index contributed by atoms with van der Waals surface area (Å²) in [5.74, 6) is -0.862. The number of nitrogens with two attached hydrogens (primary N) is 1. The summed E-state index contributed by atoms with van der Waals surface area (Å²) in [4.78, 5) is 23.0. The predicted octanol–water partition coefficient (Wildman–Crippen LogP) is 0.464. The van der Waals surface area contributed by atoms with Gasteiger partial charge in [0.1, 0.15) is 17.9 Å². The van der Waals surface area contributed by atoms with E-state index in [0.29, 0.717) is 5.69 Å². The van der Waals surface area contributed by atoms with E-state index < -0.39 is 11.9 Å². The summed E-state index contributed by atoms with van der Waals surface area (Å²) in [6, 6.07) is 6.21. The molecule has 0 unspecified atom stereocenters. The molecule has 20 heavy (non-hydrogen) atoms. The van der Waals surface area contributed by atoms with Gasteiger partial charge >= 0.3 is 5.97 Å². The van der Waals surface area contributed by atoms with Gasteiger partial charge in [-0.15, -0.1) is 0 Å². The van der Waals surface area contributed by atoms with Crippen LogP contribution in [0.3, 0.4) is 0 Å². The molecule has 0 spiro atoms. The van der Waals surface area contributed by atoms with Crippen LogP contribution in [-0.2, 0) is 9.53 Å². The number of hydrogen-bond donors (Lipinski definition) is 2. The van der Waals surface area contributed by atoms with Crippen molar-refractivity contribution in [2.24, 2.45) is 0 Å². The molecule has 0 radical (unpaired) electrons. The van der Waals surface area contributed by atoms with Gasteiger partial charge in [-0.05, 0) is 19.1 Å². The molecule has 106 valence electrons. The number of nitrogen functional groups attached to an aromatic ring is 1. The van der Waals surface area contributed by atoms with Crippen LogP contribution in [0, 0.1) is 11.3 Å². The third-order valence-electron chi connectivity index (χ3n) is 2.22. The summed E-state index contributed by atoms with van der Waals surface area (Å²) in [5.41, 5.74) is 6.20. The van der Waals surface area contributed by atoms with E-state index in [2.05, 4.69) is 5.32 Å². The Bertz CT molecular complexity index is 537. The van der Waals surface area contributed by atoms with E-state index in [0.717, 1.165) is 0 Å². The van der Waals surface area contributed by atoms with Crippen molar-refractivity contribution in [1.29, 1.82) is 5.26 Å². The average molecular weight is 277 g/mol. The first-order valence-corrected chi connectivity index (χ1v) is 5.91. The van der Waals surface area contributed by atoms with Crippen LogP contribution < -0.4 is 15.8 Å². The first-order chi connectivity index (χ1) is 9.58. The second-order valence-corrected chi connectivity index (χ2v) is 3.70. The first-order valence-electron chi connectivity index (χ1n) is 5.91. The number of carbonyl (C=O) groups excluding carboxylic acids is 2. The van der Waals surface area contributed by atoms with Gasteiger partial charge in [-0.3, -0.25) is 4.79 Å². The lowest BCUT2D eigenvalue weighted by Gasteiger charge is -2.11. The standard InChI is InChI=1S/C13H15N3O4/c1-2-19-13(18)10-4-3-9(15)7-11(10)20-8-12(17)16-6-5-14/h3-4,7H,2,6,8,15H2,1H3,(H,16,17). The topological polar surface area (TPSA) is 114 Å². The minimum absolute atomic E-state index is 0.107. The third kappa shape index (κ3) is 4.49. The highest BCUT2D eigenvalue weighted by Crippen LogP contribution is 2.22. The lowest BCUT2D eigenvalue weighted by Crippen LogP contribution is -2.29. The molecule has 7 heteroatoms. The van der Waals surface area contributed by atoms with Crippen LogP contribution in [0.5, 0.6) is 5.75 Å². The Balaban J connectivity index is 2.77. The molecule has 3 N–H and O–H groups in total. The zero-order valence-electron chi connectivity index (χ0n) is 11.0. The fraction of sp³-hybridized carbons (Fsp3) is 0.308. The monoisotopic (exact) mass is 277 g/mol. The minimum Gasteiger partial charge on any atom is -0.483 e. The molecule has 0 saturated carbocycles. The van der Waals surface area contributed by atoms with E-state index in [1.54, 1.807) is 13.0 Å². The number of benzene rings is 1. The zero-order chi connectivity index (χ0) is 15.0. The van der Waals surface area contributed by atoms with E-state index in [1.807, 2.05) is 0 Å². The number of nitrogens with one attached hydrogen (secondary N) is 1. The highest BCUT2D eigenvalue weighted by molar-refractivity contribution is 5.93. The molecule has 0 atom stereocenters. The van der Waals surface area contributed by atoms with Gasteiger partial charge in [0.15, 0.2) is 6.61 Å². The second kappa shape index (κ2) is 7.63. The molecule has 0 saturated heterocycles. The Hall–Kier alpha value is -2.75. The van der Waals surface area contributed by atoms with Gasteiger partial charge in [0, 0.05) is 11.8 Å². The molecule has 1 aromatic rings. The van der Waals surface area contributed by atoms with Crippen molar-refractivity contribution in [3.8, 4) is 11.8 Å². The lowest BCUT2D eigenvalue weighted by atomic mass is 10.2. The average Bonchev–Trinajstić information content (AvgIpc) is 2.43. The number of hydrogen-bond acceptors (Lipinski definition) is 6. The van der Waals surface area contributed by atoms with Crippen LogP contribution in [0.2, 0.25) is 0 Å². The molecular weight excluding hydrogens is 262 g/mol. The number of rotatable bonds is 6. The second-order valence-electron chi connectivity index (χ2n) is 3.70. The van der Waals surface area contributed by atoms with Gasteiger partial charge in [0.25, 0.3) is 5.91 Å². The molecule has 0 aliphatic rings. The van der Waals surface area contributed by atoms with Crippen LogP contribution >= 0.6 is 0 Å². The quantitative estimate of drug-likeness (QED) is 0.443. The zero-order valence-corrected chi connectivity index (χ0v) is 11.0. The first kappa shape index (κ1) is 15.3. The summed E-state index contributed by atoms with van der Waals surface area (Å²) >= 11 is 0. The van der Waals surface area contributed by atoms with Gasteiger partial charge in [-0.1, -0.05) is 0 Å². The molecule has 0 fully saturated rings. The van der Waals surface area contributed by atoms with Gasteiger partial charge in [-0.25, -0.2) is 4.79 Å². The Labute approximate surface area is 116 Å². The SMILES string of the molecule is CCOC(=O)c1ccc(N)cc1OCC(=O)NCC#N. The Morgan fingerprint density at radius 2 is 2.20 bits per heavy atom. The van der Waals surface area contributed by atoms with Crippen molar-refractivity contribution >= 4 is 17.6 Å². The molecule has 0 aromatic heterocycles. The van der Waals surface area contributed by atoms with Crippen molar-refractivity contribution in [2.75, 3.05) is 25.5 Å². The molecule has 0 aliphatic heterocycles. The Morgan fingerprint density at radius 1 is 1.45 bits per heavy atom. The number of anilines is 1. The number of ether oxygens (including phenoxy) is 2. The van der Waals surface area contributed by atoms with Crippen LogP contribution in [-0.4, -0.2) is 31.6 Å². The van der Waals surface area contributed by atoms with Crippen molar-refractivity contribution in [1.82, 2.24) is 5.32 Å². The number of carbonyl (C=O) groups is 2. The predicted molar refractivity (Wildman–Crippen MR) is 70.9 cm³/mol. The van der Waals surface area contributed by atoms with Crippen LogP contribution in [0.15, 0.2) is 18.2 Å². The summed E-state index contributed by atoms with van der Waals surface area (Å²) in [6.07, 6.45) is 0. The molecule has 7 nitrogen and oxygen atoms in total. The van der Waals surface area contributed by atoms with E-state index >= 15 is 0 Å². The number of amides is 1. The van der Waals surface area contributed by atoms with Crippen molar-refractivity contribution < 1.29 is 19.1 Å². The molecule has 1 rings (SSSR count). The summed E-state index contributed by atoms with van der Waals surface area (Å²) in [7, 11) is 0. The molecule has 1 aromatic carbocycles. The maximum Gasteiger partial charge on any atom is 0.341 e. The Kier molecular flexibility index (Phi) is 5.84.